The number of aliphatic hydroxyl groups excluding tert-OH is 1. The van der Waals surface area contributed by atoms with Gasteiger partial charge in [-0.3, -0.25) is 4.79 Å². The lowest BCUT2D eigenvalue weighted by atomic mass is 9.85. The molecule has 19 heavy (non-hydrogen) atoms. The van der Waals surface area contributed by atoms with Gasteiger partial charge in [0.1, 0.15) is 0 Å². The van der Waals surface area contributed by atoms with Crippen molar-refractivity contribution in [1.82, 2.24) is 5.32 Å². The highest BCUT2D eigenvalue weighted by atomic mass is 35.5. The molecular formula is C15H20ClNO2. The fraction of sp³-hybridized carbons (Fsp3) is 0.533. The van der Waals surface area contributed by atoms with Crippen molar-refractivity contribution in [2.24, 2.45) is 5.92 Å². The normalized spacial score (nSPS) is 23.1. The molecule has 4 heteroatoms. The van der Waals surface area contributed by atoms with Crippen LogP contribution in [0.1, 0.15) is 31.2 Å². The van der Waals surface area contributed by atoms with Gasteiger partial charge in [-0.15, -0.1) is 0 Å². The molecule has 2 atom stereocenters. The van der Waals surface area contributed by atoms with Crippen molar-refractivity contribution in [3.05, 3.63) is 34.9 Å². The van der Waals surface area contributed by atoms with E-state index in [2.05, 4.69) is 5.32 Å². The van der Waals surface area contributed by atoms with Gasteiger partial charge in [0.05, 0.1) is 6.42 Å². The lowest BCUT2D eigenvalue weighted by molar-refractivity contribution is -0.121. The zero-order chi connectivity index (χ0) is 13.7. The molecule has 1 aromatic rings. The molecule has 1 aliphatic rings. The third kappa shape index (κ3) is 4.22. The summed E-state index contributed by atoms with van der Waals surface area (Å²) in [5.41, 5.74) is 0.918. The summed E-state index contributed by atoms with van der Waals surface area (Å²) in [7, 11) is 0. The number of halogens is 1. The third-order valence-corrected chi connectivity index (χ3v) is 3.98. The van der Waals surface area contributed by atoms with E-state index in [1.807, 2.05) is 18.2 Å². The molecular weight excluding hydrogens is 262 g/mol. The Bertz CT molecular complexity index is 436. The number of carbonyl (C=O) groups is 1. The van der Waals surface area contributed by atoms with Gasteiger partial charge in [0.15, 0.2) is 0 Å². The number of hydrogen-bond acceptors (Lipinski definition) is 2. The van der Waals surface area contributed by atoms with Crippen LogP contribution in [0.5, 0.6) is 0 Å². The van der Waals surface area contributed by atoms with Crippen LogP contribution in [0.15, 0.2) is 24.3 Å². The zero-order valence-electron chi connectivity index (χ0n) is 10.9. The van der Waals surface area contributed by atoms with E-state index in [1.165, 1.54) is 0 Å². The van der Waals surface area contributed by atoms with Gasteiger partial charge in [-0.1, -0.05) is 36.6 Å². The quantitative estimate of drug-likeness (QED) is 0.891. The van der Waals surface area contributed by atoms with E-state index in [0.29, 0.717) is 11.4 Å². The Balaban J connectivity index is 1.90. The summed E-state index contributed by atoms with van der Waals surface area (Å²) in [6.07, 6.45) is 4.57. The summed E-state index contributed by atoms with van der Waals surface area (Å²) in [6.45, 7) is 0.155. The van der Waals surface area contributed by atoms with Gasteiger partial charge in [-0.25, -0.2) is 0 Å². The van der Waals surface area contributed by atoms with Gasteiger partial charge < -0.3 is 10.4 Å². The van der Waals surface area contributed by atoms with E-state index in [0.717, 1.165) is 31.2 Å². The summed E-state index contributed by atoms with van der Waals surface area (Å²) >= 11 is 5.90. The molecule has 0 saturated heterocycles. The first kappa shape index (κ1) is 14.4. The highest BCUT2D eigenvalue weighted by Crippen LogP contribution is 2.24. The largest absolute Gasteiger partial charge is 0.396 e. The van der Waals surface area contributed by atoms with E-state index >= 15 is 0 Å². The SMILES string of the molecule is O=C(Cc1cccc(Cl)c1)NC1CCCCC1CO. The minimum absolute atomic E-state index is 0.00705. The van der Waals surface area contributed by atoms with Gasteiger partial charge in [-0.05, 0) is 30.5 Å². The molecule has 0 heterocycles. The van der Waals surface area contributed by atoms with Crippen molar-refractivity contribution in [2.45, 2.75) is 38.1 Å². The molecule has 1 amide bonds. The van der Waals surface area contributed by atoms with Crippen LogP contribution in [0.3, 0.4) is 0 Å². The average Bonchev–Trinajstić information content (AvgIpc) is 2.39. The van der Waals surface area contributed by atoms with Crippen LogP contribution in [0.4, 0.5) is 0 Å². The molecule has 2 rings (SSSR count). The van der Waals surface area contributed by atoms with Crippen LogP contribution in [0.25, 0.3) is 0 Å². The molecule has 104 valence electrons. The maximum atomic E-state index is 12.0. The summed E-state index contributed by atoms with van der Waals surface area (Å²) in [4.78, 5) is 12.0. The molecule has 1 fully saturated rings. The highest BCUT2D eigenvalue weighted by molar-refractivity contribution is 6.30. The summed E-state index contributed by atoms with van der Waals surface area (Å²) in [5.74, 6) is 0.213. The van der Waals surface area contributed by atoms with Crippen LogP contribution in [-0.4, -0.2) is 23.7 Å². The van der Waals surface area contributed by atoms with Gasteiger partial charge >= 0.3 is 0 Å². The molecule has 0 radical (unpaired) electrons. The van der Waals surface area contributed by atoms with E-state index in [1.54, 1.807) is 6.07 Å². The van der Waals surface area contributed by atoms with Crippen LogP contribution in [-0.2, 0) is 11.2 Å². The Kier molecular flexibility index (Phi) is 5.23. The summed E-state index contributed by atoms with van der Waals surface area (Å²) in [5, 5.41) is 13.0. The standard InChI is InChI=1S/C15H20ClNO2/c16-13-6-3-4-11(8-13)9-15(19)17-14-7-2-1-5-12(14)10-18/h3-4,6,8,12,14,18H,1-2,5,7,9-10H2,(H,17,19). The molecule has 3 nitrogen and oxygen atoms in total. The zero-order valence-corrected chi connectivity index (χ0v) is 11.7. The number of hydrogen-bond donors (Lipinski definition) is 2. The van der Waals surface area contributed by atoms with Crippen LogP contribution in [0, 0.1) is 5.92 Å². The number of rotatable bonds is 4. The van der Waals surface area contributed by atoms with Crippen molar-refractivity contribution in [1.29, 1.82) is 0 Å². The Morgan fingerprint density at radius 2 is 2.16 bits per heavy atom. The van der Waals surface area contributed by atoms with Gasteiger partial charge in [-0.2, -0.15) is 0 Å². The monoisotopic (exact) mass is 281 g/mol. The van der Waals surface area contributed by atoms with Crippen LogP contribution in [0.2, 0.25) is 5.02 Å². The van der Waals surface area contributed by atoms with Gasteiger partial charge in [0, 0.05) is 23.6 Å². The van der Waals surface area contributed by atoms with E-state index in [4.69, 9.17) is 11.6 Å². The predicted molar refractivity (Wildman–Crippen MR) is 76.1 cm³/mol. The number of benzene rings is 1. The van der Waals surface area contributed by atoms with Gasteiger partial charge in [0.2, 0.25) is 5.91 Å². The fourth-order valence-electron chi connectivity index (χ4n) is 2.71. The Morgan fingerprint density at radius 1 is 1.37 bits per heavy atom. The predicted octanol–water partition coefficient (Wildman–Crippen LogP) is 2.55. The van der Waals surface area contributed by atoms with Crippen molar-refractivity contribution >= 4 is 17.5 Å². The maximum Gasteiger partial charge on any atom is 0.224 e. The highest BCUT2D eigenvalue weighted by Gasteiger charge is 2.25. The van der Waals surface area contributed by atoms with Crippen molar-refractivity contribution < 1.29 is 9.90 Å². The fourth-order valence-corrected chi connectivity index (χ4v) is 2.92. The molecule has 0 aliphatic heterocycles. The number of carbonyl (C=O) groups excluding carboxylic acids is 1. The minimum Gasteiger partial charge on any atom is -0.396 e. The first-order valence-electron chi connectivity index (χ1n) is 6.83. The lowest BCUT2D eigenvalue weighted by Gasteiger charge is -2.30. The maximum absolute atomic E-state index is 12.0. The summed E-state index contributed by atoms with van der Waals surface area (Å²) in [6, 6.07) is 7.47. The molecule has 1 aromatic carbocycles. The molecule has 2 N–H and O–H groups in total. The third-order valence-electron chi connectivity index (χ3n) is 3.74. The van der Waals surface area contributed by atoms with E-state index < -0.39 is 0 Å². The number of aliphatic hydroxyl groups is 1. The molecule has 2 unspecified atom stereocenters. The van der Waals surface area contributed by atoms with Crippen molar-refractivity contribution in [2.75, 3.05) is 6.61 Å². The second kappa shape index (κ2) is 6.92. The number of amides is 1. The molecule has 1 saturated carbocycles. The van der Waals surface area contributed by atoms with E-state index in [-0.39, 0.29) is 24.5 Å². The Morgan fingerprint density at radius 3 is 2.89 bits per heavy atom. The molecule has 1 aliphatic carbocycles. The second-order valence-electron chi connectivity index (χ2n) is 5.21. The Labute approximate surface area is 119 Å². The van der Waals surface area contributed by atoms with Crippen molar-refractivity contribution in [3.8, 4) is 0 Å². The Hall–Kier alpha value is -1.06. The minimum atomic E-state index is 0.00705. The van der Waals surface area contributed by atoms with Crippen LogP contribution < -0.4 is 5.32 Å². The molecule has 0 aromatic heterocycles. The molecule has 0 spiro atoms. The van der Waals surface area contributed by atoms with E-state index in [9.17, 15) is 9.90 Å². The topological polar surface area (TPSA) is 49.3 Å². The van der Waals surface area contributed by atoms with Crippen molar-refractivity contribution in [3.63, 3.8) is 0 Å². The average molecular weight is 282 g/mol. The molecule has 0 bridgehead atoms. The first-order chi connectivity index (χ1) is 9.19. The van der Waals surface area contributed by atoms with Gasteiger partial charge in [0.25, 0.3) is 0 Å². The lowest BCUT2D eigenvalue weighted by Crippen LogP contribution is -2.44. The number of nitrogens with one attached hydrogen (secondary N) is 1. The second-order valence-corrected chi connectivity index (χ2v) is 5.64. The van der Waals surface area contributed by atoms with Crippen LogP contribution >= 0.6 is 11.6 Å². The first-order valence-corrected chi connectivity index (χ1v) is 7.21. The smallest absolute Gasteiger partial charge is 0.224 e. The summed E-state index contributed by atoms with van der Waals surface area (Å²) < 4.78 is 0.